The Balaban J connectivity index is 2.05. The van der Waals surface area contributed by atoms with Crippen LogP contribution in [0.25, 0.3) is 0 Å². The summed E-state index contributed by atoms with van der Waals surface area (Å²) < 4.78 is 11.0. The maximum atomic E-state index is 13.6. The topological polar surface area (TPSA) is 151 Å². The van der Waals surface area contributed by atoms with Crippen molar-refractivity contribution >= 4 is 29.0 Å². The van der Waals surface area contributed by atoms with Crippen molar-refractivity contribution in [1.82, 2.24) is 0 Å². The lowest BCUT2D eigenvalue weighted by Gasteiger charge is -2.41. The van der Waals surface area contributed by atoms with Crippen LogP contribution >= 0.6 is 0 Å². The highest BCUT2D eigenvalue weighted by atomic mass is 16.6. The largest absolute Gasteiger partial charge is 0.462 e. The number of hydrogen-bond donors (Lipinski definition) is 2. The summed E-state index contributed by atoms with van der Waals surface area (Å²) in [6, 6.07) is 3.80. The Morgan fingerprint density at radius 3 is 2.69 bits per heavy atom. The van der Waals surface area contributed by atoms with E-state index in [0.717, 1.165) is 0 Å². The second-order valence-corrected chi connectivity index (χ2v) is 8.91. The van der Waals surface area contributed by atoms with Crippen LogP contribution in [-0.4, -0.2) is 29.2 Å². The summed E-state index contributed by atoms with van der Waals surface area (Å²) >= 11 is 0. The van der Waals surface area contributed by atoms with Crippen molar-refractivity contribution in [2.24, 2.45) is 11.1 Å². The van der Waals surface area contributed by atoms with Gasteiger partial charge in [0.1, 0.15) is 16.7 Å². The first kappa shape index (κ1) is 21.5. The van der Waals surface area contributed by atoms with Crippen LogP contribution in [0.3, 0.4) is 0 Å². The minimum Gasteiger partial charge on any atom is -0.462 e. The van der Waals surface area contributed by atoms with E-state index in [9.17, 15) is 24.5 Å². The minimum atomic E-state index is -1.99. The van der Waals surface area contributed by atoms with Crippen LogP contribution in [0.4, 0.5) is 11.4 Å². The van der Waals surface area contributed by atoms with Gasteiger partial charge in [0.2, 0.25) is 11.8 Å². The van der Waals surface area contributed by atoms with Crippen LogP contribution in [0.1, 0.15) is 45.6 Å². The summed E-state index contributed by atoms with van der Waals surface area (Å²) in [5, 5.41) is 14.1. The molecular weight excluding hydrogens is 418 g/mol. The Kier molecular flexibility index (Phi) is 4.83. The molecule has 0 bridgehead atoms. The summed E-state index contributed by atoms with van der Waals surface area (Å²) in [7, 11) is 0. The second-order valence-electron chi connectivity index (χ2n) is 8.91. The van der Waals surface area contributed by atoms with E-state index in [1.54, 1.807) is 6.92 Å². The lowest BCUT2D eigenvalue weighted by atomic mass is 9.62. The third-order valence-corrected chi connectivity index (χ3v) is 5.91. The Hall–Kier alpha value is -3.69. The molecule has 3 aliphatic rings. The molecular formula is C22H23N3O7. The highest BCUT2D eigenvalue weighted by Gasteiger charge is 2.63. The van der Waals surface area contributed by atoms with Gasteiger partial charge in [-0.25, -0.2) is 4.79 Å². The predicted octanol–water partition coefficient (Wildman–Crippen LogP) is 2.58. The van der Waals surface area contributed by atoms with Gasteiger partial charge in [-0.05, 0) is 17.9 Å². The Bertz CT molecular complexity index is 1150. The number of benzene rings is 1. The van der Waals surface area contributed by atoms with Crippen molar-refractivity contribution in [1.29, 1.82) is 0 Å². The molecule has 2 heterocycles. The first-order valence-corrected chi connectivity index (χ1v) is 10.3. The maximum Gasteiger partial charge on any atom is 0.341 e. The summed E-state index contributed by atoms with van der Waals surface area (Å²) in [5.41, 5.74) is 3.41. The fourth-order valence-corrected chi connectivity index (χ4v) is 4.68. The number of anilines is 1. The number of non-ortho nitro benzene ring substituents is 1. The fraction of sp³-hybridized carbons (Fsp3) is 0.409. The molecule has 0 saturated heterocycles. The number of rotatable bonds is 4. The van der Waals surface area contributed by atoms with Gasteiger partial charge in [-0.3, -0.25) is 19.7 Å². The van der Waals surface area contributed by atoms with Crippen LogP contribution in [0.15, 0.2) is 41.0 Å². The number of nitro groups is 1. The predicted molar refractivity (Wildman–Crippen MR) is 112 cm³/mol. The molecule has 1 spiro atoms. The highest BCUT2D eigenvalue weighted by molar-refractivity contribution is 6.22. The molecule has 0 radical (unpaired) electrons. The van der Waals surface area contributed by atoms with Crippen molar-refractivity contribution in [2.45, 2.75) is 45.4 Å². The Labute approximate surface area is 183 Å². The number of amides is 1. The molecule has 1 atom stereocenters. The Morgan fingerprint density at radius 2 is 2.03 bits per heavy atom. The SMILES string of the molecule is CCCOC(=O)C1=C(N)OC2=C(C(=O)CC(C)(C)C2)C12C(=O)Nc1ccc([N+](=O)[O-])cc12. The molecule has 0 saturated carbocycles. The van der Waals surface area contributed by atoms with Gasteiger partial charge < -0.3 is 20.5 Å². The number of ether oxygens (including phenoxy) is 2. The van der Waals surface area contributed by atoms with Crippen LogP contribution < -0.4 is 11.1 Å². The third-order valence-electron chi connectivity index (χ3n) is 5.91. The number of nitrogens with zero attached hydrogens (tertiary/aromatic N) is 1. The van der Waals surface area contributed by atoms with E-state index in [1.165, 1.54) is 18.2 Å². The molecule has 10 nitrogen and oxygen atoms in total. The zero-order valence-corrected chi connectivity index (χ0v) is 17.9. The normalized spacial score (nSPS) is 23.5. The standard InChI is InChI=1S/C22H23N3O7/c1-4-7-31-19(27)17-18(23)32-15-10-21(2,3)9-14(26)16(15)22(17)12-8-11(25(29)30)5-6-13(12)24-20(22)28/h5-6,8H,4,7,9-10,23H2,1-3H3,(H,24,28). The van der Waals surface area contributed by atoms with E-state index in [2.05, 4.69) is 5.32 Å². The van der Waals surface area contributed by atoms with Gasteiger partial charge in [0.15, 0.2) is 5.78 Å². The molecule has 2 aliphatic heterocycles. The number of Topliss-reactive ketones (excluding diaryl/α,β-unsaturated/α-hetero) is 1. The fourth-order valence-electron chi connectivity index (χ4n) is 4.68. The van der Waals surface area contributed by atoms with E-state index in [-0.39, 0.29) is 58.5 Å². The molecule has 1 unspecified atom stereocenters. The van der Waals surface area contributed by atoms with E-state index < -0.39 is 27.6 Å². The number of carbonyl (C=O) groups is 3. The van der Waals surface area contributed by atoms with Crippen molar-refractivity contribution in [3.05, 3.63) is 56.7 Å². The molecule has 0 fully saturated rings. The molecule has 0 aromatic heterocycles. The number of esters is 1. The number of nitrogens with one attached hydrogen (secondary N) is 1. The molecule has 32 heavy (non-hydrogen) atoms. The lowest BCUT2D eigenvalue weighted by Crippen LogP contribution is -2.50. The molecule has 1 aromatic carbocycles. The molecule has 1 amide bonds. The van der Waals surface area contributed by atoms with E-state index >= 15 is 0 Å². The number of hydrogen-bond acceptors (Lipinski definition) is 8. The molecule has 1 aromatic rings. The van der Waals surface area contributed by atoms with E-state index in [4.69, 9.17) is 15.2 Å². The zero-order valence-electron chi connectivity index (χ0n) is 17.9. The van der Waals surface area contributed by atoms with E-state index in [0.29, 0.717) is 12.8 Å². The number of ketones is 1. The average Bonchev–Trinajstić information content (AvgIpc) is 2.96. The van der Waals surface area contributed by atoms with Gasteiger partial charge in [-0.2, -0.15) is 0 Å². The van der Waals surface area contributed by atoms with Crippen LogP contribution in [0, 0.1) is 15.5 Å². The molecule has 3 N–H and O–H groups in total. The van der Waals surface area contributed by atoms with Crippen LogP contribution in [0.2, 0.25) is 0 Å². The summed E-state index contributed by atoms with van der Waals surface area (Å²) in [5.74, 6) is -2.18. The van der Waals surface area contributed by atoms with Crippen molar-refractivity contribution in [2.75, 3.05) is 11.9 Å². The lowest BCUT2D eigenvalue weighted by molar-refractivity contribution is -0.384. The average molecular weight is 441 g/mol. The number of nitrogens with two attached hydrogens (primary N) is 1. The van der Waals surface area contributed by atoms with Gasteiger partial charge in [-0.15, -0.1) is 0 Å². The molecule has 4 rings (SSSR count). The van der Waals surface area contributed by atoms with Gasteiger partial charge in [0.25, 0.3) is 5.69 Å². The van der Waals surface area contributed by atoms with Gasteiger partial charge in [0.05, 0.1) is 17.1 Å². The quantitative estimate of drug-likeness (QED) is 0.411. The van der Waals surface area contributed by atoms with Gasteiger partial charge in [0, 0.05) is 36.2 Å². The third kappa shape index (κ3) is 2.97. The molecule has 168 valence electrons. The summed E-state index contributed by atoms with van der Waals surface area (Å²) in [4.78, 5) is 51.0. The number of allylic oxidation sites excluding steroid dienone is 1. The van der Waals surface area contributed by atoms with Gasteiger partial charge >= 0.3 is 5.97 Å². The minimum absolute atomic E-state index is 0.0220. The number of fused-ring (bicyclic) bond motifs is 3. The zero-order chi connectivity index (χ0) is 23.4. The van der Waals surface area contributed by atoms with Gasteiger partial charge in [-0.1, -0.05) is 20.8 Å². The smallest absolute Gasteiger partial charge is 0.341 e. The first-order chi connectivity index (χ1) is 15.0. The number of carbonyl (C=O) groups excluding carboxylic acids is 3. The van der Waals surface area contributed by atoms with Crippen molar-refractivity contribution in [3.8, 4) is 0 Å². The Morgan fingerprint density at radius 1 is 1.31 bits per heavy atom. The van der Waals surface area contributed by atoms with Crippen molar-refractivity contribution in [3.63, 3.8) is 0 Å². The molecule has 1 aliphatic carbocycles. The van der Waals surface area contributed by atoms with Crippen molar-refractivity contribution < 1.29 is 28.8 Å². The summed E-state index contributed by atoms with van der Waals surface area (Å²) in [6.45, 7) is 5.61. The second kappa shape index (κ2) is 7.18. The van der Waals surface area contributed by atoms with E-state index in [1.807, 2.05) is 13.8 Å². The molecule has 10 heteroatoms. The van der Waals surface area contributed by atoms with Crippen LogP contribution in [-0.2, 0) is 29.3 Å². The maximum absolute atomic E-state index is 13.6. The number of nitro benzene ring substituents is 1. The first-order valence-electron chi connectivity index (χ1n) is 10.3. The summed E-state index contributed by atoms with van der Waals surface area (Å²) in [6.07, 6.45) is 0.916. The monoisotopic (exact) mass is 441 g/mol. The van der Waals surface area contributed by atoms with Crippen LogP contribution in [0.5, 0.6) is 0 Å². The highest BCUT2D eigenvalue weighted by Crippen LogP contribution is 2.56.